The highest BCUT2D eigenvalue weighted by molar-refractivity contribution is 6.55. The van der Waals surface area contributed by atoms with Gasteiger partial charge in [-0.3, -0.25) is 4.99 Å². The minimum atomic E-state index is -0.254. The van der Waals surface area contributed by atoms with Gasteiger partial charge in [0.15, 0.2) is 0 Å². The summed E-state index contributed by atoms with van der Waals surface area (Å²) in [6.07, 6.45) is 4.92. The summed E-state index contributed by atoms with van der Waals surface area (Å²) in [6, 6.07) is 0.239. The zero-order chi connectivity index (χ0) is 12.0. The number of allylic oxidation sites excluding steroid dienone is 1. The Balaban J connectivity index is 2.15. The summed E-state index contributed by atoms with van der Waals surface area (Å²) in [6.45, 7) is 10.4. The van der Waals surface area contributed by atoms with Crippen LogP contribution in [0.5, 0.6) is 0 Å². The Morgan fingerprint density at radius 3 is 2.31 bits per heavy atom. The highest BCUT2D eigenvalue weighted by atomic mass is 16.7. The molecule has 3 nitrogen and oxygen atoms in total. The van der Waals surface area contributed by atoms with Gasteiger partial charge in [0.2, 0.25) is 0 Å². The normalized spacial score (nSPS) is 31.7. The van der Waals surface area contributed by atoms with Crippen molar-refractivity contribution in [2.45, 2.75) is 58.3 Å². The summed E-state index contributed by atoms with van der Waals surface area (Å²) < 4.78 is 12.0. The van der Waals surface area contributed by atoms with Gasteiger partial charge in [-0.2, -0.15) is 0 Å². The molecule has 0 bridgehead atoms. The van der Waals surface area contributed by atoms with Crippen LogP contribution in [-0.2, 0) is 9.31 Å². The van der Waals surface area contributed by atoms with Crippen LogP contribution in [-0.4, -0.2) is 30.6 Å². The van der Waals surface area contributed by atoms with Gasteiger partial charge in [-0.05, 0) is 40.1 Å². The summed E-state index contributed by atoms with van der Waals surface area (Å²) in [5, 5.41) is 0. The average Bonchev–Trinajstić information content (AvgIpc) is 2.36. The van der Waals surface area contributed by atoms with Crippen molar-refractivity contribution in [3.8, 4) is 0 Å². The number of aliphatic imine (C=N–C) groups is 1. The van der Waals surface area contributed by atoms with Gasteiger partial charge in [0.25, 0.3) is 0 Å². The molecule has 0 N–H and O–H groups in total. The Hall–Kier alpha value is -0.605. The maximum absolute atomic E-state index is 6.00. The molecule has 2 aliphatic rings. The molecular weight excluding hydrogens is 201 g/mol. The fraction of sp³-hybridized carbons (Fsp3) is 0.750. The van der Waals surface area contributed by atoms with Crippen molar-refractivity contribution >= 4 is 13.3 Å². The molecule has 88 valence electrons. The summed E-state index contributed by atoms with van der Waals surface area (Å²) in [7, 11) is -0.209. The van der Waals surface area contributed by atoms with Crippen LogP contribution in [0.25, 0.3) is 0 Å². The van der Waals surface area contributed by atoms with Gasteiger partial charge in [-0.15, -0.1) is 0 Å². The number of hydrogen-bond donors (Lipinski definition) is 0. The van der Waals surface area contributed by atoms with E-state index in [1.54, 1.807) is 0 Å². The first kappa shape index (κ1) is 11.9. The highest BCUT2D eigenvalue weighted by Crippen LogP contribution is 2.39. The third-order valence-electron chi connectivity index (χ3n) is 3.68. The maximum Gasteiger partial charge on any atom is 0.490 e. The summed E-state index contributed by atoms with van der Waals surface area (Å²) >= 11 is 0. The van der Waals surface area contributed by atoms with Crippen LogP contribution in [0, 0.1) is 0 Å². The van der Waals surface area contributed by atoms with Gasteiger partial charge in [-0.1, -0.05) is 6.08 Å². The second-order valence-corrected chi connectivity index (χ2v) is 5.61. The number of hydrogen-bond acceptors (Lipinski definition) is 3. The van der Waals surface area contributed by atoms with Crippen LogP contribution in [0.4, 0.5) is 0 Å². The Labute approximate surface area is 98.1 Å². The Morgan fingerprint density at radius 2 is 1.81 bits per heavy atom. The molecule has 0 amide bonds. The van der Waals surface area contributed by atoms with Crippen LogP contribution in [0.3, 0.4) is 0 Å². The fourth-order valence-corrected chi connectivity index (χ4v) is 1.91. The van der Waals surface area contributed by atoms with Crippen molar-refractivity contribution in [1.29, 1.82) is 0 Å². The van der Waals surface area contributed by atoms with Crippen molar-refractivity contribution < 1.29 is 9.31 Å². The lowest BCUT2D eigenvalue weighted by atomic mass is 9.75. The van der Waals surface area contributed by atoms with Crippen LogP contribution >= 0.6 is 0 Å². The van der Waals surface area contributed by atoms with Crippen LogP contribution in [0.1, 0.15) is 41.0 Å². The van der Waals surface area contributed by atoms with E-state index in [9.17, 15) is 0 Å². The van der Waals surface area contributed by atoms with Gasteiger partial charge in [-0.25, -0.2) is 0 Å². The fourth-order valence-electron chi connectivity index (χ4n) is 1.91. The van der Waals surface area contributed by atoms with Crippen LogP contribution in [0.2, 0.25) is 0 Å². The van der Waals surface area contributed by atoms with Gasteiger partial charge in [0.05, 0.1) is 17.2 Å². The first-order valence-corrected chi connectivity index (χ1v) is 5.90. The second kappa shape index (κ2) is 3.71. The van der Waals surface area contributed by atoms with Gasteiger partial charge in [0, 0.05) is 12.6 Å². The van der Waals surface area contributed by atoms with Gasteiger partial charge >= 0.3 is 7.12 Å². The third-order valence-corrected chi connectivity index (χ3v) is 3.68. The Kier molecular flexibility index (Phi) is 2.75. The third kappa shape index (κ3) is 1.96. The molecule has 0 aliphatic carbocycles. The first-order chi connectivity index (χ1) is 7.32. The SMILES string of the molecule is CC1C=C(B2OC(C)(C)C(C)(C)O2)CC=N1. The zero-order valence-corrected chi connectivity index (χ0v) is 10.8. The lowest BCUT2D eigenvalue weighted by Crippen LogP contribution is -2.41. The number of nitrogens with zero attached hydrogens (tertiary/aromatic N) is 1. The van der Waals surface area contributed by atoms with Crippen molar-refractivity contribution in [2.75, 3.05) is 0 Å². The average molecular weight is 221 g/mol. The first-order valence-electron chi connectivity index (χ1n) is 5.90. The number of dihydropyridines is 1. The summed E-state index contributed by atoms with van der Waals surface area (Å²) in [4.78, 5) is 4.31. The summed E-state index contributed by atoms with van der Waals surface area (Å²) in [5.41, 5.74) is 0.688. The molecule has 0 aromatic carbocycles. The van der Waals surface area contributed by atoms with Crippen LogP contribution < -0.4 is 0 Å². The van der Waals surface area contributed by atoms with E-state index in [-0.39, 0.29) is 24.4 Å². The molecule has 2 heterocycles. The molecule has 1 saturated heterocycles. The van der Waals surface area contributed by atoms with Crippen LogP contribution in [0.15, 0.2) is 16.5 Å². The van der Waals surface area contributed by atoms with E-state index in [2.05, 4.69) is 45.7 Å². The van der Waals surface area contributed by atoms with Crippen molar-refractivity contribution in [3.05, 3.63) is 11.5 Å². The maximum atomic E-state index is 6.00. The van der Waals surface area contributed by atoms with E-state index in [4.69, 9.17) is 9.31 Å². The topological polar surface area (TPSA) is 30.8 Å². The minimum absolute atomic E-state index is 0.209. The molecule has 2 rings (SSSR count). The van der Waals surface area contributed by atoms with E-state index >= 15 is 0 Å². The Bertz CT molecular complexity index is 331. The molecule has 0 aromatic rings. The minimum Gasteiger partial charge on any atom is -0.400 e. The van der Waals surface area contributed by atoms with E-state index in [1.807, 2.05) is 6.21 Å². The zero-order valence-electron chi connectivity index (χ0n) is 10.8. The molecule has 1 unspecified atom stereocenters. The Morgan fingerprint density at radius 1 is 1.25 bits per heavy atom. The van der Waals surface area contributed by atoms with Crippen molar-refractivity contribution in [3.63, 3.8) is 0 Å². The number of rotatable bonds is 1. The lowest BCUT2D eigenvalue weighted by Gasteiger charge is -2.32. The molecule has 0 saturated carbocycles. The van der Waals surface area contributed by atoms with Gasteiger partial charge in [0.1, 0.15) is 0 Å². The molecule has 16 heavy (non-hydrogen) atoms. The van der Waals surface area contributed by atoms with E-state index in [1.165, 1.54) is 5.47 Å². The van der Waals surface area contributed by atoms with Crippen molar-refractivity contribution in [2.24, 2.45) is 4.99 Å². The molecule has 0 radical (unpaired) electrons. The van der Waals surface area contributed by atoms with E-state index < -0.39 is 0 Å². The monoisotopic (exact) mass is 221 g/mol. The smallest absolute Gasteiger partial charge is 0.400 e. The van der Waals surface area contributed by atoms with E-state index in [0.29, 0.717) is 0 Å². The molecule has 1 fully saturated rings. The van der Waals surface area contributed by atoms with Gasteiger partial charge < -0.3 is 9.31 Å². The molecule has 0 spiro atoms. The molecule has 1 atom stereocenters. The van der Waals surface area contributed by atoms with Crippen molar-refractivity contribution in [1.82, 2.24) is 0 Å². The van der Waals surface area contributed by atoms with E-state index in [0.717, 1.165) is 6.42 Å². The molecule has 2 aliphatic heterocycles. The standard InChI is InChI=1S/C12H20BNO2/c1-9-8-10(6-7-14-9)13-15-11(2,3)12(4,5)16-13/h7-9H,6H2,1-5H3. The lowest BCUT2D eigenvalue weighted by molar-refractivity contribution is 0.00578. The molecule has 4 heteroatoms. The molecule has 0 aromatic heterocycles. The largest absolute Gasteiger partial charge is 0.490 e. The molecular formula is C12H20BNO2. The predicted octanol–water partition coefficient (Wildman–Crippen LogP) is 2.41. The quantitative estimate of drug-likeness (QED) is 0.636. The predicted molar refractivity (Wildman–Crippen MR) is 66.7 cm³/mol. The summed E-state index contributed by atoms with van der Waals surface area (Å²) in [5.74, 6) is 0. The highest BCUT2D eigenvalue weighted by Gasteiger charge is 2.52. The second-order valence-electron chi connectivity index (χ2n) is 5.61.